The van der Waals surface area contributed by atoms with Crippen molar-refractivity contribution in [2.75, 3.05) is 0 Å². The Bertz CT molecular complexity index is 531. The van der Waals surface area contributed by atoms with E-state index in [9.17, 15) is 14.4 Å². The molecule has 1 saturated heterocycles. The van der Waals surface area contributed by atoms with Gasteiger partial charge in [-0.2, -0.15) is 0 Å². The number of hydrazine groups is 1. The molecule has 0 radical (unpaired) electrons. The number of aliphatic carboxylic acids is 1. The second-order valence-electron chi connectivity index (χ2n) is 4.48. The Morgan fingerprint density at radius 2 is 2.00 bits per heavy atom. The molecule has 7 heteroatoms. The molecule has 1 aliphatic heterocycles. The second kappa shape index (κ2) is 5.70. The van der Waals surface area contributed by atoms with Crippen molar-refractivity contribution in [2.45, 2.75) is 19.1 Å². The lowest BCUT2D eigenvalue weighted by Crippen LogP contribution is -2.44. The summed E-state index contributed by atoms with van der Waals surface area (Å²) in [5.74, 6) is 1.49. The number of carbonyl (C=O) groups is 3. The molecule has 1 aliphatic rings. The third-order valence-corrected chi connectivity index (χ3v) is 3.14. The number of carbonyl (C=O) groups excluding carboxylic acids is 2. The Morgan fingerprint density at radius 1 is 1.35 bits per heavy atom. The molecule has 0 spiro atoms. The van der Waals surface area contributed by atoms with Crippen molar-refractivity contribution >= 4 is 17.8 Å². The molecule has 3 N–H and O–H groups in total. The highest BCUT2D eigenvalue weighted by Crippen LogP contribution is 2.23. The van der Waals surface area contributed by atoms with Crippen molar-refractivity contribution in [3.05, 3.63) is 35.9 Å². The first-order valence-electron chi connectivity index (χ1n) is 6.02. The predicted molar refractivity (Wildman–Crippen MR) is 66.8 cm³/mol. The number of esters is 1. The van der Waals surface area contributed by atoms with Gasteiger partial charge < -0.3 is 9.84 Å². The highest BCUT2D eigenvalue weighted by atomic mass is 16.5. The second-order valence-corrected chi connectivity index (χ2v) is 4.48. The van der Waals surface area contributed by atoms with Gasteiger partial charge in [-0.25, -0.2) is 10.6 Å². The van der Waals surface area contributed by atoms with Gasteiger partial charge in [0.25, 0.3) is 5.91 Å². The van der Waals surface area contributed by atoms with Gasteiger partial charge in [-0.1, -0.05) is 30.3 Å². The molecule has 20 heavy (non-hydrogen) atoms. The summed E-state index contributed by atoms with van der Waals surface area (Å²) in [4.78, 5) is 34.4. The predicted octanol–water partition coefficient (Wildman–Crippen LogP) is -0.0948. The summed E-state index contributed by atoms with van der Waals surface area (Å²) >= 11 is 0. The minimum atomic E-state index is -1.24. The minimum absolute atomic E-state index is 0.0335. The van der Waals surface area contributed by atoms with Crippen molar-refractivity contribution in [1.82, 2.24) is 5.01 Å². The van der Waals surface area contributed by atoms with E-state index in [1.54, 1.807) is 24.3 Å². The normalized spacial score (nSPS) is 21.9. The van der Waals surface area contributed by atoms with Gasteiger partial charge in [-0.05, 0) is 5.56 Å². The Labute approximate surface area is 114 Å². The Morgan fingerprint density at radius 3 is 2.55 bits per heavy atom. The number of carboxylic acids is 1. The number of ether oxygens (including phenoxy) is 1. The molecule has 1 aromatic rings. The van der Waals surface area contributed by atoms with Crippen LogP contribution in [0.4, 0.5) is 0 Å². The van der Waals surface area contributed by atoms with Crippen molar-refractivity contribution < 1.29 is 24.2 Å². The first kappa shape index (κ1) is 14.0. The molecule has 2 atom stereocenters. The molecule has 106 valence electrons. The number of carboxylic acid groups (broad SMARTS) is 1. The summed E-state index contributed by atoms with van der Waals surface area (Å²) in [6.45, 7) is 0.0335. The monoisotopic (exact) mass is 278 g/mol. The molecule has 1 fully saturated rings. The highest BCUT2D eigenvalue weighted by molar-refractivity contribution is 6.01. The Kier molecular flexibility index (Phi) is 3.99. The maximum absolute atomic E-state index is 11.8. The average Bonchev–Trinajstić information content (AvgIpc) is 2.74. The molecule has 1 unspecified atom stereocenters. The minimum Gasteiger partial charge on any atom is -0.480 e. The van der Waals surface area contributed by atoms with E-state index in [4.69, 9.17) is 15.7 Å². The van der Waals surface area contributed by atoms with Crippen molar-refractivity contribution in [1.29, 1.82) is 0 Å². The first-order chi connectivity index (χ1) is 9.50. The molecule has 7 nitrogen and oxygen atoms in total. The van der Waals surface area contributed by atoms with Crippen molar-refractivity contribution in [3.8, 4) is 0 Å². The lowest BCUT2D eigenvalue weighted by atomic mass is 10.1. The number of nitrogens with zero attached hydrogens (tertiary/aromatic N) is 1. The maximum atomic E-state index is 11.8. The molecular weight excluding hydrogens is 264 g/mol. The van der Waals surface area contributed by atoms with Crippen LogP contribution in [0, 0.1) is 5.92 Å². The van der Waals surface area contributed by atoms with Gasteiger partial charge >= 0.3 is 11.9 Å². The van der Waals surface area contributed by atoms with Crippen LogP contribution in [0.3, 0.4) is 0 Å². The van der Waals surface area contributed by atoms with Crippen LogP contribution in [0.5, 0.6) is 0 Å². The molecular formula is C13H14N2O5. The topological polar surface area (TPSA) is 110 Å². The zero-order valence-electron chi connectivity index (χ0n) is 10.6. The van der Waals surface area contributed by atoms with Crippen molar-refractivity contribution in [3.63, 3.8) is 0 Å². The maximum Gasteiger partial charge on any atom is 0.328 e. The number of rotatable bonds is 4. The SMILES string of the molecule is NN1C(=O)C(C(=O)OCc2ccccc2)C[C@H]1C(=O)O. The van der Waals surface area contributed by atoms with Crippen LogP contribution < -0.4 is 5.84 Å². The molecule has 1 amide bonds. The summed E-state index contributed by atoms with van der Waals surface area (Å²) in [6, 6.07) is 7.79. The van der Waals surface area contributed by atoms with E-state index in [0.717, 1.165) is 5.56 Å². The fraction of sp³-hybridized carbons (Fsp3) is 0.308. The van der Waals surface area contributed by atoms with E-state index in [1.807, 2.05) is 6.07 Å². The molecule has 1 heterocycles. The van der Waals surface area contributed by atoms with Crippen LogP contribution in [0.25, 0.3) is 0 Å². The fourth-order valence-electron chi connectivity index (χ4n) is 2.02. The summed E-state index contributed by atoms with van der Waals surface area (Å²) in [5, 5.41) is 9.46. The lowest BCUT2D eigenvalue weighted by molar-refractivity contribution is -0.154. The molecule has 0 saturated carbocycles. The van der Waals surface area contributed by atoms with Gasteiger partial charge in [0.2, 0.25) is 0 Å². The van der Waals surface area contributed by atoms with Gasteiger partial charge in [0.1, 0.15) is 18.6 Å². The van der Waals surface area contributed by atoms with Crippen LogP contribution in [0.1, 0.15) is 12.0 Å². The van der Waals surface area contributed by atoms with E-state index in [0.29, 0.717) is 5.01 Å². The highest BCUT2D eigenvalue weighted by Gasteiger charge is 2.46. The van der Waals surface area contributed by atoms with E-state index in [1.165, 1.54) is 0 Å². The van der Waals surface area contributed by atoms with E-state index in [-0.39, 0.29) is 13.0 Å². The quantitative estimate of drug-likeness (QED) is 0.344. The van der Waals surface area contributed by atoms with Crippen LogP contribution in [-0.2, 0) is 25.7 Å². The molecule has 0 aromatic heterocycles. The van der Waals surface area contributed by atoms with Crippen LogP contribution >= 0.6 is 0 Å². The third kappa shape index (κ3) is 2.77. The summed E-state index contributed by atoms with van der Waals surface area (Å²) < 4.78 is 5.02. The van der Waals surface area contributed by atoms with Crippen LogP contribution in [-0.4, -0.2) is 34.0 Å². The molecule has 1 aromatic carbocycles. The Balaban J connectivity index is 1.96. The van der Waals surface area contributed by atoms with Gasteiger partial charge in [0, 0.05) is 6.42 Å². The number of hydrogen-bond acceptors (Lipinski definition) is 5. The van der Waals surface area contributed by atoms with Gasteiger partial charge in [-0.15, -0.1) is 0 Å². The Hall–Kier alpha value is -2.41. The zero-order valence-corrected chi connectivity index (χ0v) is 10.6. The van der Waals surface area contributed by atoms with E-state index in [2.05, 4.69) is 0 Å². The lowest BCUT2D eigenvalue weighted by Gasteiger charge is -2.13. The standard InChI is InChI=1S/C13H14N2O5/c14-15-10(12(17)18)6-9(11(15)16)13(19)20-7-8-4-2-1-3-5-8/h1-5,9-10H,6-7,14H2,(H,17,18)/t9?,10-/m0/s1. The average molecular weight is 278 g/mol. The van der Waals surface area contributed by atoms with E-state index >= 15 is 0 Å². The number of nitrogens with two attached hydrogens (primary N) is 1. The zero-order chi connectivity index (χ0) is 14.7. The van der Waals surface area contributed by atoms with Crippen LogP contribution in [0.15, 0.2) is 30.3 Å². The number of hydrogen-bond donors (Lipinski definition) is 2. The van der Waals surface area contributed by atoms with Gasteiger partial charge in [0.05, 0.1) is 0 Å². The number of benzene rings is 1. The third-order valence-electron chi connectivity index (χ3n) is 3.14. The summed E-state index contributed by atoms with van der Waals surface area (Å²) in [6.07, 6.45) is -0.168. The van der Waals surface area contributed by atoms with E-state index < -0.39 is 29.8 Å². The largest absolute Gasteiger partial charge is 0.480 e. The molecule has 0 aliphatic carbocycles. The van der Waals surface area contributed by atoms with Gasteiger partial charge in [0.15, 0.2) is 0 Å². The fourth-order valence-corrected chi connectivity index (χ4v) is 2.02. The van der Waals surface area contributed by atoms with Gasteiger partial charge in [-0.3, -0.25) is 14.6 Å². The smallest absolute Gasteiger partial charge is 0.328 e. The summed E-state index contributed by atoms with van der Waals surface area (Å²) in [7, 11) is 0. The number of amides is 1. The molecule has 2 rings (SSSR count). The van der Waals surface area contributed by atoms with Crippen molar-refractivity contribution in [2.24, 2.45) is 11.8 Å². The summed E-state index contributed by atoms with van der Waals surface area (Å²) in [5.41, 5.74) is 0.783. The van der Waals surface area contributed by atoms with Crippen LogP contribution in [0.2, 0.25) is 0 Å². The molecule has 0 bridgehead atoms. The first-order valence-corrected chi connectivity index (χ1v) is 6.02.